The lowest BCUT2D eigenvalue weighted by Gasteiger charge is -2.17. The van der Waals surface area contributed by atoms with E-state index < -0.39 is 12.8 Å². The third-order valence-electron chi connectivity index (χ3n) is 2.36. The van der Waals surface area contributed by atoms with Gasteiger partial charge in [-0.15, -0.1) is 0 Å². The molecule has 0 unspecified atom stereocenters. The van der Waals surface area contributed by atoms with Crippen molar-refractivity contribution in [2.75, 3.05) is 19.8 Å². The number of rotatable bonds is 12. The van der Waals surface area contributed by atoms with Crippen molar-refractivity contribution in [1.29, 1.82) is 0 Å². The average Bonchev–Trinajstić information content (AvgIpc) is 2.39. The van der Waals surface area contributed by atoms with Gasteiger partial charge in [-0.25, -0.2) is 9.36 Å². The molecular formula is C14H27O5PS. The number of hydrogen-bond acceptors (Lipinski definition) is 6. The summed E-state index contributed by atoms with van der Waals surface area (Å²) in [7, 11) is 0. The minimum Gasteiger partial charge on any atom is -0.463 e. The van der Waals surface area contributed by atoms with Gasteiger partial charge < -0.3 is 13.8 Å². The first kappa shape index (κ1) is 20.7. The van der Waals surface area contributed by atoms with Crippen molar-refractivity contribution in [2.45, 2.75) is 53.4 Å². The molecule has 0 aromatic carbocycles. The molecule has 0 saturated heterocycles. The van der Waals surface area contributed by atoms with E-state index in [-0.39, 0.29) is 0 Å². The van der Waals surface area contributed by atoms with E-state index >= 15 is 0 Å². The molecule has 0 aliphatic carbocycles. The Morgan fingerprint density at radius 3 is 2.05 bits per heavy atom. The maximum Gasteiger partial charge on any atom is 0.393 e. The molecule has 0 saturated carbocycles. The number of carbonyl (C=O) groups excluding carboxylic acids is 1. The van der Waals surface area contributed by atoms with E-state index in [0.717, 1.165) is 37.1 Å². The van der Waals surface area contributed by atoms with Gasteiger partial charge in [0, 0.05) is 11.0 Å². The summed E-state index contributed by atoms with van der Waals surface area (Å²) in [5, 5.41) is 0. The van der Waals surface area contributed by atoms with E-state index in [1.807, 2.05) is 13.8 Å². The van der Waals surface area contributed by atoms with Crippen LogP contribution in [0.5, 0.6) is 0 Å². The Labute approximate surface area is 132 Å². The van der Waals surface area contributed by atoms with Crippen molar-refractivity contribution < 1.29 is 23.1 Å². The molecule has 0 amide bonds. The molecule has 0 bridgehead atoms. The zero-order valence-corrected chi connectivity index (χ0v) is 15.1. The molecule has 7 heteroatoms. The fourth-order valence-corrected chi connectivity index (χ4v) is 4.65. The molecule has 0 heterocycles. The number of hydrogen-bond donors (Lipinski definition) is 0. The zero-order valence-electron chi connectivity index (χ0n) is 13.4. The Morgan fingerprint density at radius 1 is 1.10 bits per heavy atom. The Kier molecular flexibility index (Phi) is 12.1. The summed E-state index contributed by atoms with van der Waals surface area (Å²) in [6.45, 7) is 5.32. The lowest BCUT2D eigenvalue weighted by molar-refractivity contribution is -0.137. The van der Waals surface area contributed by atoms with Gasteiger partial charge in [-0.05, 0) is 38.1 Å². The monoisotopic (exact) mass is 338 g/mol. The van der Waals surface area contributed by atoms with Crippen LogP contribution in [0.1, 0.15) is 53.4 Å². The molecule has 21 heavy (non-hydrogen) atoms. The van der Waals surface area contributed by atoms with Crippen molar-refractivity contribution in [1.82, 2.24) is 0 Å². The van der Waals surface area contributed by atoms with Crippen molar-refractivity contribution >= 4 is 24.1 Å². The van der Waals surface area contributed by atoms with Gasteiger partial charge >= 0.3 is 12.8 Å². The lowest BCUT2D eigenvalue weighted by Crippen LogP contribution is -2.00. The fourth-order valence-electron chi connectivity index (χ4n) is 1.28. The molecule has 0 radical (unpaired) electrons. The molecule has 0 spiro atoms. The van der Waals surface area contributed by atoms with Gasteiger partial charge in [0.25, 0.3) is 0 Å². The molecular weight excluding hydrogens is 311 g/mol. The van der Waals surface area contributed by atoms with Crippen LogP contribution in [0.2, 0.25) is 0 Å². The van der Waals surface area contributed by atoms with Gasteiger partial charge in [0.15, 0.2) is 0 Å². The number of allylic oxidation sites excluding steroid dienone is 1. The van der Waals surface area contributed by atoms with Crippen LogP contribution in [0, 0.1) is 0 Å². The van der Waals surface area contributed by atoms with E-state index in [9.17, 15) is 9.36 Å². The van der Waals surface area contributed by atoms with Crippen LogP contribution < -0.4 is 0 Å². The van der Waals surface area contributed by atoms with Gasteiger partial charge in [0.05, 0.1) is 19.8 Å². The van der Waals surface area contributed by atoms with E-state index in [0.29, 0.717) is 24.7 Å². The standard InChI is InChI=1S/C14H27O5PS/c1-5-8-10-18-20(16,19-11-9-6-2)21-13(4)12-14(15)17-7-3/h12H,5-11H2,1-4H3. The van der Waals surface area contributed by atoms with E-state index in [1.165, 1.54) is 6.08 Å². The highest BCUT2D eigenvalue weighted by atomic mass is 32.7. The average molecular weight is 338 g/mol. The summed E-state index contributed by atoms with van der Waals surface area (Å²) in [5.41, 5.74) is 0. The molecule has 0 aromatic heterocycles. The van der Waals surface area contributed by atoms with Crippen molar-refractivity contribution in [2.24, 2.45) is 0 Å². The van der Waals surface area contributed by atoms with Crippen LogP contribution in [0.15, 0.2) is 11.0 Å². The SMILES string of the molecule is CCCCOP(=O)(OCCCC)SC(C)=CC(=O)OCC. The Balaban J connectivity index is 4.63. The predicted molar refractivity (Wildman–Crippen MR) is 87.3 cm³/mol. The van der Waals surface area contributed by atoms with E-state index in [2.05, 4.69) is 0 Å². The summed E-state index contributed by atoms with van der Waals surface area (Å²) < 4.78 is 28.3. The summed E-state index contributed by atoms with van der Waals surface area (Å²) in [5.74, 6) is -0.448. The Morgan fingerprint density at radius 2 is 1.62 bits per heavy atom. The molecule has 0 aliphatic heterocycles. The van der Waals surface area contributed by atoms with Gasteiger partial charge in [-0.2, -0.15) is 0 Å². The first-order valence-electron chi connectivity index (χ1n) is 7.41. The van der Waals surface area contributed by atoms with Crippen molar-refractivity contribution in [3.05, 3.63) is 11.0 Å². The second-order valence-electron chi connectivity index (χ2n) is 4.42. The summed E-state index contributed by atoms with van der Waals surface area (Å²) in [6.07, 6.45) is 4.87. The smallest absolute Gasteiger partial charge is 0.393 e. The van der Waals surface area contributed by atoms with Gasteiger partial charge in [0.1, 0.15) is 0 Å². The van der Waals surface area contributed by atoms with Crippen molar-refractivity contribution in [3.63, 3.8) is 0 Å². The second-order valence-corrected chi connectivity index (χ2v) is 8.55. The molecule has 5 nitrogen and oxygen atoms in total. The summed E-state index contributed by atoms with van der Waals surface area (Å²) in [6, 6.07) is 0. The second kappa shape index (κ2) is 12.3. The summed E-state index contributed by atoms with van der Waals surface area (Å²) >= 11 is 0.973. The third-order valence-corrected chi connectivity index (χ3v) is 6.15. The number of ether oxygens (including phenoxy) is 1. The molecule has 0 aliphatic rings. The molecule has 0 atom stereocenters. The van der Waals surface area contributed by atoms with Gasteiger partial charge in [-0.1, -0.05) is 26.7 Å². The maximum atomic E-state index is 12.6. The Hall–Kier alpha value is -0.290. The van der Waals surface area contributed by atoms with Crippen LogP contribution in [0.3, 0.4) is 0 Å². The summed E-state index contributed by atoms with van der Waals surface area (Å²) in [4.78, 5) is 11.9. The maximum absolute atomic E-state index is 12.6. The highest BCUT2D eigenvalue weighted by molar-refractivity contribution is 8.57. The highest BCUT2D eigenvalue weighted by Crippen LogP contribution is 2.63. The van der Waals surface area contributed by atoms with Crippen LogP contribution in [0.4, 0.5) is 0 Å². The minimum absolute atomic E-state index is 0.310. The third kappa shape index (κ3) is 11.0. The Bertz CT molecular complexity index is 356. The van der Waals surface area contributed by atoms with Crippen LogP contribution in [-0.2, 0) is 23.1 Å². The first-order chi connectivity index (χ1) is 9.97. The van der Waals surface area contributed by atoms with Crippen LogP contribution in [-0.4, -0.2) is 25.8 Å². The van der Waals surface area contributed by atoms with Crippen LogP contribution >= 0.6 is 18.2 Å². The molecule has 0 N–H and O–H groups in total. The normalized spacial score (nSPS) is 12.5. The molecule has 0 aromatic rings. The van der Waals surface area contributed by atoms with Crippen LogP contribution in [0.25, 0.3) is 0 Å². The van der Waals surface area contributed by atoms with Gasteiger partial charge in [-0.3, -0.25) is 0 Å². The first-order valence-corrected chi connectivity index (χ1v) is 10.4. The quantitative estimate of drug-likeness (QED) is 0.218. The number of unbranched alkanes of at least 4 members (excludes halogenated alkanes) is 2. The highest BCUT2D eigenvalue weighted by Gasteiger charge is 2.26. The molecule has 0 rings (SSSR count). The van der Waals surface area contributed by atoms with E-state index in [4.69, 9.17) is 13.8 Å². The topological polar surface area (TPSA) is 61.8 Å². The van der Waals surface area contributed by atoms with Gasteiger partial charge in [0.2, 0.25) is 0 Å². The molecule has 0 fully saturated rings. The number of carbonyl (C=O) groups is 1. The minimum atomic E-state index is -3.27. The predicted octanol–water partition coefficient (Wildman–Crippen LogP) is 4.93. The van der Waals surface area contributed by atoms with E-state index in [1.54, 1.807) is 13.8 Å². The van der Waals surface area contributed by atoms with Crippen molar-refractivity contribution in [3.8, 4) is 0 Å². The number of esters is 1. The fraction of sp³-hybridized carbons (Fsp3) is 0.786. The lowest BCUT2D eigenvalue weighted by atomic mass is 10.4. The zero-order chi connectivity index (χ0) is 16.1. The largest absolute Gasteiger partial charge is 0.463 e. The molecule has 124 valence electrons.